The number of likely N-dealkylation sites (tertiary alicyclic amines) is 1. The summed E-state index contributed by atoms with van der Waals surface area (Å²) < 4.78 is 19.6. The molecule has 0 saturated carbocycles. The van der Waals surface area contributed by atoms with Crippen LogP contribution in [0.3, 0.4) is 0 Å². The average Bonchev–Trinajstić information content (AvgIpc) is 3.16. The van der Waals surface area contributed by atoms with Crippen LogP contribution in [-0.4, -0.2) is 42.1 Å². The summed E-state index contributed by atoms with van der Waals surface area (Å²) in [7, 11) is 0. The number of rotatable bonds is 2. The molecule has 2 atom stereocenters. The van der Waals surface area contributed by atoms with Crippen LogP contribution in [0.5, 0.6) is 0 Å². The van der Waals surface area contributed by atoms with Crippen LogP contribution in [0.2, 0.25) is 5.02 Å². The van der Waals surface area contributed by atoms with Crippen molar-refractivity contribution < 1.29 is 13.7 Å². The maximum absolute atomic E-state index is 14.4. The second kappa shape index (κ2) is 8.17. The van der Waals surface area contributed by atoms with Gasteiger partial charge in [-0.25, -0.2) is 4.39 Å². The SMILES string of the molecule is Cc1onc(-c2c(F)cccc2Cl)c1C(=O)N1CC[C@@H]2CNC[C@@H]2CC1.Cl. The number of carbonyl (C=O) groups excluding carboxylic acids is 1. The van der Waals surface area contributed by atoms with Crippen molar-refractivity contribution in [1.29, 1.82) is 0 Å². The third kappa shape index (κ3) is 3.71. The smallest absolute Gasteiger partial charge is 0.259 e. The number of amides is 1. The lowest BCUT2D eigenvalue weighted by Crippen LogP contribution is -2.33. The normalized spacial score (nSPS) is 22.1. The fourth-order valence-corrected chi connectivity index (χ4v) is 4.35. The number of fused-ring (bicyclic) bond motifs is 1. The van der Waals surface area contributed by atoms with Gasteiger partial charge in [-0.2, -0.15) is 0 Å². The van der Waals surface area contributed by atoms with Crippen molar-refractivity contribution in [2.45, 2.75) is 19.8 Å². The Hall–Kier alpha value is -1.63. The summed E-state index contributed by atoms with van der Waals surface area (Å²) in [6.07, 6.45) is 1.95. The Kier molecular flexibility index (Phi) is 6.08. The molecule has 0 bridgehead atoms. The van der Waals surface area contributed by atoms with Gasteiger partial charge < -0.3 is 14.7 Å². The number of benzene rings is 1. The number of aryl methyl sites for hydroxylation is 1. The second-order valence-electron chi connectivity index (χ2n) is 7.11. The Balaban J connectivity index is 0.00000210. The number of hydrogen-bond acceptors (Lipinski definition) is 4. The van der Waals surface area contributed by atoms with Crippen LogP contribution in [-0.2, 0) is 0 Å². The Morgan fingerprint density at radius 1 is 1.30 bits per heavy atom. The Morgan fingerprint density at radius 3 is 2.59 bits per heavy atom. The third-order valence-corrected chi connectivity index (χ3v) is 5.90. The maximum atomic E-state index is 14.4. The highest BCUT2D eigenvalue weighted by atomic mass is 35.5. The zero-order valence-corrected chi connectivity index (χ0v) is 16.6. The Labute approximate surface area is 168 Å². The molecule has 2 fully saturated rings. The topological polar surface area (TPSA) is 58.4 Å². The van der Waals surface area contributed by atoms with Gasteiger partial charge in [0.1, 0.15) is 22.8 Å². The van der Waals surface area contributed by atoms with Crippen LogP contribution in [0.25, 0.3) is 11.3 Å². The molecule has 2 saturated heterocycles. The van der Waals surface area contributed by atoms with Crippen LogP contribution in [0, 0.1) is 24.6 Å². The fraction of sp³-hybridized carbons (Fsp3) is 0.474. The highest BCUT2D eigenvalue weighted by molar-refractivity contribution is 6.33. The van der Waals surface area contributed by atoms with Crippen molar-refractivity contribution in [3.63, 3.8) is 0 Å². The van der Waals surface area contributed by atoms with E-state index in [-0.39, 0.29) is 34.6 Å². The van der Waals surface area contributed by atoms with Crippen LogP contribution in [0.15, 0.2) is 22.7 Å². The zero-order valence-electron chi connectivity index (χ0n) is 15.0. The van der Waals surface area contributed by atoms with Crippen LogP contribution in [0.4, 0.5) is 4.39 Å². The molecule has 2 aliphatic rings. The van der Waals surface area contributed by atoms with Gasteiger partial charge in [-0.3, -0.25) is 4.79 Å². The van der Waals surface area contributed by atoms with Gasteiger partial charge in [0, 0.05) is 13.1 Å². The van der Waals surface area contributed by atoms with E-state index in [4.69, 9.17) is 16.1 Å². The highest BCUT2D eigenvalue weighted by Gasteiger charge is 2.34. The minimum atomic E-state index is -0.517. The minimum absolute atomic E-state index is 0. The van der Waals surface area contributed by atoms with Gasteiger partial charge in [-0.15, -0.1) is 12.4 Å². The van der Waals surface area contributed by atoms with E-state index in [1.807, 2.05) is 4.90 Å². The lowest BCUT2D eigenvalue weighted by atomic mass is 9.92. The molecule has 1 N–H and O–H groups in total. The molecule has 0 radical (unpaired) electrons. The third-order valence-electron chi connectivity index (χ3n) is 5.58. The largest absolute Gasteiger partial charge is 0.360 e. The summed E-state index contributed by atoms with van der Waals surface area (Å²) in [5, 5.41) is 7.59. The molecule has 0 aliphatic carbocycles. The van der Waals surface area contributed by atoms with Crippen LogP contribution >= 0.6 is 24.0 Å². The molecule has 0 spiro atoms. The monoisotopic (exact) mass is 413 g/mol. The molecule has 4 rings (SSSR count). The van der Waals surface area contributed by atoms with Crippen molar-refractivity contribution in [2.24, 2.45) is 11.8 Å². The van der Waals surface area contributed by atoms with E-state index >= 15 is 0 Å². The molecule has 2 aliphatic heterocycles. The van der Waals surface area contributed by atoms with Crippen LogP contribution in [0.1, 0.15) is 29.0 Å². The van der Waals surface area contributed by atoms with Crippen molar-refractivity contribution in [2.75, 3.05) is 26.2 Å². The molecular weight excluding hydrogens is 392 g/mol. The first-order valence-corrected chi connectivity index (χ1v) is 9.34. The highest BCUT2D eigenvalue weighted by Crippen LogP contribution is 2.35. The van der Waals surface area contributed by atoms with E-state index < -0.39 is 5.82 Å². The van der Waals surface area contributed by atoms with Gasteiger partial charge in [0.15, 0.2) is 0 Å². The average molecular weight is 414 g/mol. The number of hydrogen-bond donors (Lipinski definition) is 1. The van der Waals surface area contributed by atoms with E-state index in [0.29, 0.717) is 36.2 Å². The summed E-state index contributed by atoms with van der Waals surface area (Å²) >= 11 is 6.17. The van der Waals surface area contributed by atoms with Crippen molar-refractivity contribution in [1.82, 2.24) is 15.4 Å². The zero-order chi connectivity index (χ0) is 18.3. The van der Waals surface area contributed by atoms with E-state index in [1.54, 1.807) is 13.0 Å². The predicted octanol–water partition coefficient (Wildman–Crippen LogP) is 3.94. The van der Waals surface area contributed by atoms with E-state index in [9.17, 15) is 9.18 Å². The molecule has 146 valence electrons. The predicted molar refractivity (Wildman–Crippen MR) is 104 cm³/mol. The number of nitrogens with one attached hydrogen (secondary N) is 1. The summed E-state index contributed by atoms with van der Waals surface area (Å²) in [6, 6.07) is 4.41. The van der Waals surface area contributed by atoms with Gasteiger partial charge in [0.2, 0.25) is 0 Å². The molecule has 1 aromatic heterocycles. The Morgan fingerprint density at radius 2 is 1.96 bits per heavy atom. The van der Waals surface area contributed by atoms with Crippen molar-refractivity contribution in [3.05, 3.63) is 40.4 Å². The second-order valence-corrected chi connectivity index (χ2v) is 7.51. The van der Waals surface area contributed by atoms with Crippen LogP contribution < -0.4 is 5.32 Å². The summed E-state index contributed by atoms with van der Waals surface area (Å²) in [6.45, 7) is 5.10. The number of carbonyl (C=O) groups is 1. The van der Waals surface area contributed by atoms with Gasteiger partial charge in [-0.05, 0) is 56.8 Å². The maximum Gasteiger partial charge on any atom is 0.259 e. The fourth-order valence-electron chi connectivity index (χ4n) is 4.10. The molecule has 0 unspecified atom stereocenters. The molecule has 1 amide bonds. The lowest BCUT2D eigenvalue weighted by Gasteiger charge is -2.21. The first-order chi connectivity index (χ1) is 12.6. The first-order valence-electron chi connectivity index (χ1n) is 8.97. The molecule has 1 aromatic carbocycles. The number of aromatic nitrogens is 1. The molecule has 3 heterocycles. The first kappa shape index (κ1) is 20.1. The molecule has 5 nitrogen and oxygen atoms in total. The van der Waals surface area contributed by atoms with E-state index in [0.717, 1.165) is 25.9 Å². The standard InChI is InChI=1S/C19H21ClFN3O2.ClH/c1-11-16(18(23-26-11)17-14(20)3-2-4-15(17)21)19(25)24-7-5-12-9-22-10-13(12)6-8-24;/h2-4,12-13,22H,5-10H2,1H3;1H/t12-,13+;. The molecular formula is C19H22Cl2FN3O2. The summed E-state index contributed by atoms with van der Waals surface area (Å²) in [4.78, 5) is 15.1. The van der Waals surface area contributed by atoms with Gasteiger partial charge in [0.05, 0.1) is 10.6 Å². The minimum Gasteiger partial charge on any atom is -0.360 e. The summed E-state index contributed by atoms with van der Waals surface area (Å²) in [5.41, 5.74) is 0.606. The quantitative estimate of drug-likeness (QED) is 0.809. The van der Waals surface area contributed by atoms with E-state index in [2.05, 4.69) is 10.5 Å². The molecule has 27 heavy (non-hydrogen) atoms. The van der Waals surface area contributed by atoms with E-state index in [1.165, 1.54) is 12.1 Å². The van der Waals surface area contributed by atoms with Gasteiger partial charge in [0.25, 0.3) is 5.91 Å². The van der Waals surface area contributed by atoms with Crippen molar-refractivity contribution >= 4 is 29.9 Å². The lowest BCUT2D eigenvalue weighted by molar-refractivity contribution is 0.0757. The number of nitrogens with zero attached hydrogens (tertiary/aromatic N) is 2. The van der Waals surface area contributed by atoms with Crippen molar-refractivity contribution in [3.8, 4) is 11.3 Å². The molecule has 2 aromatic rings. The summed E-state index contributed by atoms with van der Waals surface area (Å²) in [5.74, 6) is 0.950. The molecule has 8 heteroatoms. The number of halogens is 3. The van der Waals surface area contributed by atoms with Gasteiger partial charge >= 0.3 is 0 Å². The Bertz CT molecular complexity index is 808. The van der Waals surface area contributed by atoms with Gasteiger partial charge in [-0.1, -0.05) is 22.8 Å².